The van der Waals surface area contributed by atoms with Crippen LogP contribution < -0.4 is 5.32 Å². The van der Waals surface area contributed by atoms with Gasteiger partial charge < -0.3 is 5.32 Å². The number of carbonyl (C=O) groups is 1. The normalized spacial score (nSPS) is 23.0. The first-order valence-corrected chi connectivity index (χ1v) is 8.44. The van der Waals surface area contributed by atoms with Crippen LogP contribution in [0.15, 0.2) is 12.1 Å². The highest BCUT2D eigenvalue weighted by molar-refractivity contribution is 7.16. The third kappa shape index (κ3) is 5.08. The molecule has 1 aliphatic carbocycles. The first-order chi connectivity index (χ1) is 9.52. The maximum absolute atomic E-state index is 12.0. The lowest BCUT2D eigenvalue weighted by Crippen LogP contribution is -2.42. The molecule has 1 aromatic rings. The molecular weight excluding hydrogens is 292 g/mol. The van der Waals surface area contributed by atoms with Crippen LogP contribution in [-0.2, 0) is 11.3 Å². The van der Waals surface area contributed by atoms with Gasteiger partial charge in [0.2, 0.25) is 5.91 Å². The van der Waals surface area contributed by atoms with E-state index in [-0.39, 0.29) is 5.91 Å². The molecule has 0 saturated heterocycles. The van der Waals surface area contributed by atoms with Crippen molar-refractivity contribution in [1.29, 1.82) is 0 Å². The van der Waals surface area contributed by atoms with Crippen molar-refractivity contribution in [3.63, 3.8) is 0 Å². The number of nitrogens with one attached hydrogen (secondary N) is 1. The van der Waals surface area contributed by atoms with Gasteiger partial charge in [-0.25, -0.2) is 0 Å². The molecule has 1 N–H and O–H groups in total. The summed E-state index contributed by atoms with van der Waals surface area (Å²) in [6.07, 6.45) is 4.71. The Bertz CT molecular complexity index is 441. The fraction of sp³-hybridized carbons (Fsp3) is 0.667. The van der Waals surface area contributed by atoms with E-state index in [4.69, 9.17) is 11.6 Å². The van der Waals surface area contributed by atoms with E-state index in [0.29, 0.717) is 12.6 Å². The lowest BCUT2D eigenvalue weighted by molar-refractivity contribution is -0.123. The van der Waals surface area contributed by atoms with Gasteiger partial charge in [-0.3, -0.25) is 9.69 Å². The number of halogens is 1. The Morgan fingerprint density at radius 2 is 2.10 bits per heavy atom. The molecule has 1 fully saturated rings. The summed E-state index contributed by atoms with van der Waals surface area (Å²) >= 11 is 7.48. The average molecular weight is 315 g/mol. The van der Waals surface area contributed by atoms with Crippen molar-refractivity contribution in [1.82, 2.24) is 10.2 Å². The zero-order valence-corrected chi connectivity index (χ0v) is 13.8. The monoisotopic (exact) mass is 314 g/mol. The lowest BCUT2D eigenvalue weighted by atomic mass is 9.87. The maximum atomic E-state index is 12.0. The van der Waals surface area contributed by atoms with Crippen molar-refractivity contribution in [2.45, 2.75) is 45.2 Å². The van der Waals surface area contributed by atoms with Gasteiger partial charge >= 0.3 is 0 Å². The van der Waals surface area contributed by atoms with Crippen molar-refractivity contribution >= 4 is 28.8 Å². The zero-order valence-electron chi connectivity index (χ0n) is 12.2. The molecule has 2 rings (SSSR count). The Labute approximate surface area is 130 Å². The molecule has 1 saturated carbocycles. The number of carbonyl (C=O) groups excluding carboxylic acids is 1. The van der Waals surface area contributed by atoms with Crippen molar-refractivity contribution < 1.29 is 4.79 Å². The largest absolute Gasteiger partial charge is 0.352 e. The summed E-state index contributed by atoms with van der Waals surface area (Å²) in [5.41, 5.74) is 0. The molecule has 1 amide bonds. The van der Waals surface area contributed by atoms with Crippen LogP contribution in [0.5, 0.6) is 0 Å². The standard InChI is InChI=1S/C15H23ClN2OS/c1-11-3-5-12(6-4-11)17-15(19)10-18(2)9-13-7-8-14(16)20-13/h7-8,11-12H,3-6,9-10H2,1-2H3,(H,17,19). The first kappa shape index (κ1) is 15.8. The van der Waals surface area contributed by atoms with Crippen LogP contribution in [0.4, 0.5) is 0 Å². The topological polar surface area (TPSA) is 32.3 Å². The molecule has 0 bridgehead atoms. The van der Waals surface area contributed by atoms with Crippen molar-refractivity contribution in [2.75, 3.05) is 13.6 Å². The SMILES string of the molecule is CC1CCC(NC(=O)CN(C)Cc2ccc(Cl)s2)CC1. The number of nitrogens with zero attached hydrogens (tertiary/aromatic N) is 1. The Morgan fingerprint density at radius 3 is 2.70 bits per heavy atom. The van der Waals surface area contributed by atoms with Crippen LogP contribution in [0.3, 0.4) is 0 Å². The Hall–Kier alpha value is -0.580. The van der Waals surface area contributed by atoms with E-state index in [1.165, 1.54) is 17.7 Å². The number of hydrogen-bond acceptors (Lipinski definition) is 3. The molecule has 0 aromatic carbocycles. The van der Waals surface area contributed by atoms with E-state index in [1.807, 2.05) is 24.1 Å². The molecule has 1 aromatic heterocycles. The lowest BCUT2D eigenvalue weighted by Gasteiger charge is -2.27. The molecule has 3 nitrogen and oxygen atoms in total. The molecule has 112 valence electrons. The number of likely N-dealkylation sites (N-methyl/N-ethyl adjacent to an activating group) is 1. The highest BCUT2D eigenvalue weighted by Gasteiger charge is 2.20. The van der Waals surface area contributed by atoms with Crippen LogP contribution in [0.1, 0.15) is 37.5 Å². The van der Waals surface area contributed by atoms with E-state index < -0.39 is 0 Å². The minimum absolute atomic E-state index is 0.134. The summed E-state index contributed by atoms with van der Waals surface area (Å²) in [6.45, 7) is 3.51. The molecule has 0 unspecified atom stereocenters. The van der Waals surface area contributed by atoms with Crippen LogP contribution in [0.2, 0.25) is 4.34 Å². The number of thiophene rings is 1. The van der Waals surface area contributed by atoms with Crippen LogP contribution in [0, 0.1) is 5.92 Å². The Balaban J connectivity index is 1.71. The van der Waals surface area contributed by atoms with Gasteiger partial charge in [0, 0.05) is 17.5 Å². The third-order valence-corrected chi connectivity index (χ3v) is 5.07. The number of amides is 1. The van der Waals surface area contributed by atoms with E-state index in [0.717, 1.165) is 29.6 Å². The molecular formula is C15H23ClN2OS. The van der Waals surface area contributed by atoms with Gasteiger partial charge in [-0.2, -0.15) is 0 Å². The average Bonchev–Trinajstić information content (AvgIpc) is 2.77. The van der Waals surface area contributed by atoms with E-state index >= 15 is 0 Å². The summed E-state index contributed by atoms with van der Waals surface area (Å²) in [4.78, 5) is 15.2. The highest BCUT2D eigenvalue weighted by Crippen LogP contribution is 2.24. The Morgan fingerprint density at radius 1 is 1.40 bits per heavy atom. The Kier molecular flexibility index (Phi) is 5.87. The van der Waals surface area contributed by atoms with E-state index in [2.05, 4.69) is 12.2 Å². The van der Waals surface area contributed by atoms with Crippen LogP contribution >= 0.6 is 22.9 Å². The van der Waals surface area contributed by atoms with E-state index in [9.17, 15) is 4.79 Å². The predicted molar refractivity (Wildman–Crippen MR) is 85.2 cm³/mol. The van der Waals surface area contributed by atoms with Crippen molar-refractivity contribution in [3.05, 3.63) is 21.3 Å². The van der Waals surface area contributed by atoms with Gasteiger partial charge in [-0.15, -0.1) is 11.3 Å². The molecule has 1 heterocycles. The second-order valence-electron chi connectivity index (χ2n) is 5.90. The second-order valence-corrected chi connectivity index (χ2v) is 7.70. The van der Waals surface area contributed by atoms with Crippen LogP contribution in [0.25, 0.3) is 0 Å². The summed E-state index contributed by atoms with van der Waals surface area (Å²) in [7, 11) is 1.97. The zero-order chi connectivity index (χ0) is 14.5. The van der Waals surface area contributed by atoms with Crippen molar-refractivity contribution in [2.24, 2.45) is 5.92 Å². The van der Waals surface area contributed by atoms with E-state index in [1.54, 1.807) is 11.3 Å². The van der Waals surface area contributed by atoms with Gasteiger partial charge in [0.1, 0.15) is 0 Å². The van der Waals surface area contributed by atoms with Gasteiger partial charge in [0.15, 0.2) is 0 Å². The van der Waals surface area contributed by atoms with Gasteiger partial charge in [-0.05, 0) is 50.8 Å². The second kappa shape index (κ2) is 7.43. The number of hydrogen-bond donors (Lipinski definition) is 1. The molecule has 5 heteroatoms. The minimum Gasteiger partial charge on any atom is -0.352 e. The fourth-order valence-electron chi connectivity index (χ4n) is 2.68. The first-order valence-electron chi connectivity index (χ1n) is 7.25. The smallest absolute Gasteiger partial charge is 0.234 e. The predicted octanol–water partition coefficient (Wildman–Crippen LogP) is 3.53. The third-order valence-electron chi connectivity index (χ3n) is 3.85. The fourth-order valence-corrected chi connectivity index (χ4v) is 3.85. The maximum Gasteiger partial charge on any atom is 0.234 e. The van der Waals surface area contributed by atoms with Crippen LogP contribution in [-0.4, -0.2) is 30.4 Å². The quantitative estimate of drug-likeness (QED) is 0.901. The molecule has 0 aliphatic heterocycles. The number of rotatable bonds is 5. The van der Waals surface area contributed by atoms with Gasteiger partial charge in [0.05, 0.1) is 10.9 Å². The molecule has 0 spiro atoms. The minimum atomic E-state index is 0.134. The molecule has 0 radical (unpaired) electrons. The molecule has 0 atom stereocenters. The summed E-state index contributed by atoms with van der Waals surface area (Å²) in [5.74, 6) is 0.948. The van der Waals surface area contributed by atoms with Gasteiger partial charge in [0.25, 0.3) is 0 Å². The molecule has 1 aliphatic rings. The summed E-state index contributed by atoms with van der Waals surface area (Å²) < 4.78 is 0.800. The summed E-state index contributed by atoms with van der Waals surface area (Å²) in [5, 5.41) is 3.16. The molecule has 20 heavy (non-hydrogen) atoms. The highest BCUT2D eigenvalue weighted by atomic mass is 35.5. The van der Waals surface area contributed by atoms with Gasteiger partial charge in [-0.1, -0.05) is 18.5 Å². The van der Waals surface area contributed by atoms with Crippen molar-refractivity contribution in [3.8, 4) is 0 Å². The summed E-state index contributed by atoms with van der Waals surface area (Å²) in [6, 6.07) is 4.30.